The van der Waals surface area contributed by atoms with E-state index < -0.39 is 0 Å². The van der Waals surface area contributed by atoms with E-state index in [-0.39, 0.29) is 12.1 Å². The van der Waals surface area contributed by atoms with Gasteiger partial charge in [-0.2, -0.15) is 0 Å². The number of carbonyl (C=O) groups excluding carboxylic acids is 1. The highest BCUT2D eigenvalue weighted by Crippen LogP contribution is 2.36. The van der Waals surface area contributed by atoms with Crippen molar-refractivity contribution < 1.29 is 4.79 Å². The predicted molar refractivity (Wildman–Crippen MR) is 107 cm³/mol. The molecule has 0 saturated heterocycles. The highest BCUT2D eigenvalue weighted by molar-refractivity contribution is 6.30. The van der Waals surface area contributed by atoms with E-state index in [2.05, 4.69) is 24.4 Å². The highest BCUT2D eigenvalue weighted by Gasteiger charge is 2.33. The van der Waals surface area contributed by atoms with Crippen LogP contribution in [0.2, 0.25) is 5.02 Å². The van der Waals surface area contributed by atoms with E-state index in [0.717, 1.165) is 23.4 Å². The van der Waals surface area contributed by atoms with Gasteiger partial charge in [0.25, 0.3) is 5.91 Å². The number of benzene rings is 3. The summed E-state index contributed by atoms with van der Waals surface area (Å²) in [5.74, 6) is -0.0106. The van der Waals surface area contributed by atoms with Gasteiger partial charge in [0.05, 0.1) is 5.56 Å². The zero-order chi connectivity index (χ0) is 18.1. The Morgan fingerprint density at radius 2 is 1.65 bits per heavy atom. The molecule has 3 nitrogen and oxygen atoms in total. The Morgan fingerprint density at radius 3 is 2.35 bits per heavy atom. The third-order valence-electron chi connectivity index (χ3n) is 4.74. The molecule has 0 saturated carbocycles. The van der Waals surface area contributed by atoms with E-state index >= 15 is 0 Å². The summed E-state index contributed by atoms with van der Waals surface area (Å²) in [6.45, 7) is 2.12. The number of para-hydroxylation sites is 1. The van der Waals surface area contributed by atoms with E-state index in [4.69, 9.17) is 11.6 Å². The van der Waals surface area contributed by atoms with Crippen molar-refractivity contribution >= 4 is 28.9 Å². The lowest BCUT2D eigenvalue weighted by molar-refractivity contribution is 0.0975. The molecular weight excluding hydrogens is 344 g/mol. The summed E-state index contributed by atoms with van der Waals surface area (Å²) in [6, 6.07) is 23.4. The van der Waals surface area contributed by atoms with Crippen LogP contribution < -0.4 is 10.2 Å². The van der Waals surface area contributed by atoms with Crippen LogP contribution in [0.5, 0.6) is 0 Å². The van der Waals surface area contributed by atoms with Gasteiger partial charge in [-0.25, -0.2) is 0 Å². The second kappa shape index (κ2) is 6.85. The number of nitrogens with one attached hydrogen (secondary N) is 1. The van der Waals surface area contributed by atoms with E-state index in [1.54, 1.807) is 0 Å². The number of amides is 1. The first kappa shape index (κ1) is 16.7. The first-order chi connectivity index (χ1) is 12.7. The lowest BCUT2D eigenvalue weighted by atomic mass is 10.0. The van der Waals surface area contributed by atoms with Crippen LogP contribution in [0.25, 0.3) is 0 Å². The Labute approximate surface area is 158 Å². The van der Waals surface area contributed by atoms with Crippen LogP contribution in [0, 0.1) is 0 Å². The molecule has 1 N–H and O–H groups in total. The minimum Gasteiger partial charge on any atom is -0.360 e. The van der Waals surface area contributed by atoms with Crippen molar-refractivity contribution in [2.75, 3.05) is 10.2 Å². The molecule has 0 spiro atoms. The summed E-state index contributed by atoms with van der Waals surface area (Å²) in [7, 11) is 0. The normalized spacial score (nSPS) is 16.2. The van der Waals surface area contributed by atoms with Crippen molar-refractivity contribution in [3.05, 3.63) is 94.5 Å². The molecule has 130 valence electrons. The van der Waals surface area contributed by atoms with E-state index in [1.165, 1.54) is 5.56 Å². The molecule has 3 aromatic rings. The number of anilines is 2. The maximum Gasteiger partial charge on any atom is 0.262 e. The fourth-order valence-corrected chi connectivity index (χ4v) is 3.42. The fraction of sp³-hybridized carbons (Fsp3) is 0.136. The van der Waals surface area contributed by atoms with Crippen LogP contribution in [0.1, 0.15) is 34.6 Å². The van der Waals surface area contributed by atoms with Gasteiger partial charge >= 0.3 is 0 Å². The Balaban J connectivity index is 1.82. The lowest BCUT2D eigenvalue weighted by Crippen LogP contribution is -2.43. The number of hydrogen-bond donors (Lipinski definition) is 1. The molecule has 1 atom stereocenters. The largest absolute Gasteiger partial charge is 0.360 e. The van der Waals surface area contributed by atoms with Gasteiger partial charge in [-0.1, -0.05) is 54.9 Å². The van der Waals surface area contributed by atoms with Crippen LogP contribution in [-0.2, 0) is 6.42 Å². The second-order valence-electron chi connectivity index (χ2n) is 6.34. The van der Waals surface area contributed by atoms with Crippen molar-refractivity contribution in [3.8, 4) is 0 Å². The average Bonchev–Trinajstić information content (AvgIpc) is 2.69. The molecule has 1 heterocycles. The summed E-state index contributed by atoms with van der Waals surface area (Å²) in [5, 5.41) is 4.18. The molecule has 0 bridgehead atoms. The van der Waals surface area contributed by atoms with Crippen LogP contribution in [0.15, 0.2) is 72.8 Å². The summed E-state index contributed by atoms with van der Waals surface area (Å²) in [4.78, 5) is 15.1. The monoisotopic (exact) mass is 362 g/mol. The van der Waals surface area contributed by atoms with Gasteiger partial charge in [0.1, 0.15) is 6.17 Å². The zero-order valence-electron chi connectivity index (χ0n) is 14.4. The maximum absolute atomic E-state index is 13.3. The van der Waals surface area contributed by atoms with Crippen LogP contribution in [0.3, 0.4) is 0 Å². The van der Waals surface area contributed by atoms with E-state index in [1.807, 2.05) is 65.6 Å². The van der Waals surface area contributed by atoms with E-state index in [0.29, 0.717) is 10.6 Å². The molecule has 1 aliphatic heterocycles. The summed E-state index contributed by atoms with van der Waals surface area (Å²) < 4.78 is 0. The zero-order valence-corrected chi connectivity index (χ0v) is 15.2. The first-order valence-corrected chi connectivity index (χ1v) is 9.08. The summed E-state index contributed by atoms with van der Waals surface area (Å²) in [5.41, 5.74) is 4.62. The molecule has 26 heavy (non-hydrogen) atoms. The maximum atomic E-state index is 13.3. The van der Waals surface area contributed by atoms with Crippen molar-refractivity contribution in [2.45, 2.75) is 19.5 Å². The van der Waals surface area contributed by atoms with Crippen molar-refractivity contribution in [1.82, 2.24) is 0 Å². The molecule has 1 amide bonds. The number of rotatable bonds is 3. The van der Waals surface area contributed by atoms with Crippen molar-refractivity contribution in [3.63, 3.8) is 0 Å². The van der Waals surface area contributed by atoms with Crippen molar-refractivity contribution in [2.24, 2.45) is 0 Å². The first-order valence-electron chi connectivity index (χ1n) is 8.71. The number of halogens is 1. The second-order valence-corrected chi connectivity index (χ2v) is 6.78. The fourth-order valence-electron chi connectivity index (χ4n) is 3.29. The van der Waals surface area contributed by atoms with Gasteiger partial charge in [-0.3, -0.25) is 9.69 Å². The summed E-state index contributed by atoms with van der Waals surface area (Å²) in [6.07, 6.45) is 0.678. The Kier molecular flexibility index (Phi) is 4.39. The lowest BCUT2D eigenvalue weighted by Gasteiger charge is -2.38. The minimum atomic E-state index is -0.290. The SMILES string of the molecule is CCc1ccc(N2C(=O)c3ccccc3N[C@@H]2c2ccc(Cl)cc2)cc1. The van der Waals surface area contributed by atoms with Gasteiger partial charge < -0.3 is 5.32 Å². The Hall–Kier alpha value is -2.78. The summed E-state index contributed by atoms with van der Waals surface area (Å²) >= 11 is 6.05. The molecule has 4 heteroatoms. The van der Waals surface area contributed by atoms with Gasteiger partial charge in [-0.05, 0) is 53.9 Å². The number of aryl methyl sites for hydroxylation is 1. The van der Waals surface area contributed by atoms with Gasteiger partial charge in [0, 0.05) is 16.4 Å². The topological polar surface area (TPSA) is 32.3 Å². The Morgan fingerprint density at radius 1 is 0.962 bits per heavy atom. The number of hydrogen-bond acceptors (Lipinski definition) is 2. The van der Waals surface area contributed by atoms with E-state index in [9.17, 15) is 4.79 Å². The molecule has 0 aromatic heterocycles. The number of nitrogens with zero attached hydrogens (tertiary/aromatic N) is 1. The van der Waals surface area contributed by atoms with Crippen LogP contribution in [-0.4, -0.2) is 5.91 Å². The number of carbonyl (C=O) groups is 1. The molecule has 3 aromatic carbocycles. The molecule has 1 aliphatic rings. The molecule has 0 unspecified atom stereocenters. The standard InChI is InChI=1S/C22H19ClN2O/c1-2-15-7-13-18(14-8-15)25-21(16-9-11-17(23)12-10-16)24-20-6-4-3-5-19(20)22(25)26/h3-14,21,24H,2H2,1H3/t21-/m0/s1. The minimum absolute atomic E-state index is 0.0106. The smallest absolute Gasteiger partial charge is 0.262 e. The Bertz CT molecular complexity index is 935. The van der Waals surface area contributed by atoms with Crippen LogP contribution >= 0.6 is 11.6 Å². The van der Waals surface area contributed by atoms with Gasteiger partial charge in [-0.15, -0.1) is 0 Å². The third kappa shape index (κ3) is 2.95. The van der Waals surface area contributed by atoms with Gasteiger partial charge in [0.15, 0.2) is 0 Å². The highest BCUT2D eigenvalue weighted by atomic mass is 35.5. The molecule has 4 rings (SSSR count). The van der Waals surface area contributed by atoms with Crippen LogP contribution in [0.4, 0.5) is 11.4 Å². The third-order valence-corrected chi connectivity index (χ3v) is 4.99. The molecule has 0 aliphatic carbocycles. The molecule has 0 fully saturated rings. The van der Waals surface area contributed by atoms with Gasteiger partial charge in [0.2, 0.25) is 0 Å². The van der Waals surface area contributed by atoms with Crippen molar-refractivity contribution in [1.29, 1.82) is 0 Å². The molecular formula is C22H19ClN2O. The average molecular weight is 363 g/mol. The predicted octanol–water partition coefficient (Wildman–Crippen LogP) is 5.67. The quantitative estimate of drug-likeness (QED) is 0.650. The number of fused-ring (bicyclic) bond motifs is 1. The molecule has 0 radical (unpaired) electrons.